The molecule has 2 aromatic rings. The Morgan fingerprint density at radius 2 is 1.61 bits per heavy atom. The van der Waals surface area contributed by atoms with Crippen LogP contribution >= 0.6 is 0 Å². The summed E-state index contributed by atoms with van der Waals surface area (Å²) in [5.74, 6) is 0.118. The average molecular weight is 427 g/mol. The molecule has 0 fully saturated rings. The van der Waals surface area contributed by atoms with E-state index in [1.807, 2.05) is 20.8 Å². The van der Waals surface area contributed by atoms with Crippen LogP contribution in [-0.2, 0) is 20.7 Å². The number of rotatable bonds is 8. The van der Waals surface area contributed by atoms with E-state index in [1.165, 1.54) is 14.0 Å². The van der Waals surface area contributed by atoms with E-state index in [4.69, 9.17) is 14.2 Å². The van der Waals surface area contributed by atoms with Crippen LogP contribution in [0.15, 0.2) is 42.5 Å². The largest absolute Gasteiger partial charge is 0.497 e. The van der Waals surface area contributed by atoms with Crippen molar-refractivity contribution in [2.75, 3.05) is 19.5 Å². The summed E-state index contributed by atoms with van der Waals surface area (Å²) in [7, 11) is 3.05. The molecule has 1 N–H and O–H groups in total. The fourth-order valence-electron chi connectivity index (χ4n) is 2.72. The number of ketones is 1. The number of Topliss-reactive ketones (excluding diaryl/α,β-unsaturated/α-hetero) is 1. The second-order valence-electron chi connectivity index (χ2n) is 8.13. The number of amides is 1. The minimum atomic E-state index is -0.952. The highest BCUT2D eigenvalue weighted by Crippen LogP contribution is 2.25. The van der Waals surface area contributed by atoms with Crippen LogP contribution in [0.2, 0.25) is 0 Å². The maximum atomic E-state index is 12.6. The Kier molecular flexibility index (Phi) is 7.80. The highest BCUT2D eigenvalue weighted by Gasteiger charge is 2.23. The highest BCUT2D eigenvalue weighted by molar-refractivity contribution is 6.01. The Morgan fingerprint density at radius 1 is 0.968 bits per heavy atom. The molecule has 0 aliphatic rings. The second kappa shape index (κ2) is 10.1. The standard InChI is InChI=1S/C24H29NO6/c1-15(31-21(26)13-17-9-12-19(29-5)14-20(17)30-6)22(27)16-7-10-18(11-8-16)25-23(28)24(2,3)4/h7-12,14-15H,13H2,1-6H3,(H,25,28). The first kappa shape index (κ1) is 23.9. The van der Waals surface area contributed by atoms with Gasteiger partial charge in [0.2, 0.25) is 11.7 Å². The zero-order chi connectivity index (χ0) is 23.2. The molecular weight excluding hydrogens is 398 g/mol. The van der Waals surface area contributed by atoms with Crippen LogP contribution in [0, 0.1) is 5.41 Å². The molecule has 2 rings (SSSR count). The second-order valence-corrected chi connectivity index (χ2v) is 8.13. The summed E-state index contributed by atoms with van der Waals surface area (Å²) < 4.78 is 15.8. The molecule has 31 heavy (non-hydrogen) atoms. The molecule has 1 unspecified atom stereocenters. The average Bonchev–Trinajstić information content (AvgIpc) is 2.73. The summed E-state index contributed by atoms with van der Waals surface area (Å²) in [5, 5.41) is 2.80. The molecule has 0 heterocycles. The molecule has 2 aromatic carbocycles. The van der Waals surface area contributed by atoms with Crippen LogP contribution in [0.4, 0.5) is 5.69 Å². The topological polar surface area (TPSA) is 90.9 Å². The Labute approximate surface area is 182 Å². The van der Waals surface area contributed by atoms with E-state index < -0.39 is 17.5 Å². The molecule has 0 saturated carbocycles. The molecule has 0 aromatic heterocycles. The fourth-order valence-corrected chi connectivity index (χ4v) is 2.72. The van der Waals surface area contributed by atoms with Gasteiger partial charge in [0.1, 0.15) is 11.5 Å². The molecule has 166 valence electrons. The van der Waals surface area contributed by atoms with Gasteiger partial charge >= 0.3 is 5.97 Å². The van der Waals surface area contributed by atoms with Crippen LogP contribution < -0.4 is 14.8 Å². The number of benzene rings is 2. The SMILES string of the molecule is COc1ccc(CC(=O)OC(C)C(=O)c2ccc(NC(=O)C(C)(C)C)cc2)c(OC)c1. The van der Waals surface area contributed by atoms with Crippen molar-refractivity contribution in [2.24, 2.45) is 5.41 Å². The van der Waals surface area contributed by atoms with Crippen LogP contribution in [0.3, 0.4) is 0 Å². The third-order valence-corrected chi connectivity index (χ3v) is 4.61. The summed E-state index contributed by atoms with van der Waals surface area (Å²) in [5.41, 5.74) is 1.08. The van der Waals surface area contributed by atoms with Crippen molar-refractivity contribution in [3.63, 3.8) is 0 Å². The Hall–Kier alpha value is -3.35. The first-order valence-electron chi connectivity index (χ1n) is 9.91. The molecule has 0 bridgehead atoms. The number of carbonyl (C=O) groups excluding carboxylic acids is 3. The molecule has 0 radical (unpaired) electrons. The Balaban J connectivity index is 1.99. The summed E-state index contributed by atoms with van der Waals surface area (Å²) >= 11 is 0. The summed E-state index contributed by atoms with van der Waals surface area (Å²) in [4.78, 5) is 37.0. The minimum Gasteiger partial charge on any atom is -0.497 e. The van der Waals surface area contributed by atoms with Crippen molar-refractivity contribution in [1.82, 2.24) is 0 Å². The van der Waals surface area contributed by atoms with Crippen molar-refractivity contribution in [3.8, 4) is 11.5 Å². The number of hydrogen-bond acceptors (Lipinski definition) is 6. The third-order valence-electron chi connectivity index (χ3n) is 4.61. The first-order chi connectivity index (χ1) is 14.5. The van der Waals surface area contributed by atoms with Crippen molar-refractivity contribution in [2.45, 2.75) is 40.2 Å². The quantitative estimate of drug-likeness (QED) is 0.505. The van der Waals surface area contributed by atoms with Gasteiger partial charge in [-0.3, -0.25) is 14.4 Å². The predicted octanol–water partition coefficient (Wildman–Crippen LogP) is 4.05. The van der Waals surface area contributed by atoms with Gasteiger partial charge in [0.25, 0.3) is 0 Å². The summed E-state index contributed by atoms with van der Waals surface area (Å²) in [6.45, 7) is 6.98. The lowest BCUT2D eigenvalue weighted by atomic mass is 9.95. The molecule has 0 saturated heterocycles. The van der Waals surface area contributed by atoms with Gasteiger partial charge in [-0.25, -0.2) is 0 Å². The van der Waals surface area contributed by atoms with E-state index >= 15 is 0 Å². The van der Waals surface area contributed by atoms with Crippen LogP contribution in [0.1, 0.15) is 43.6 Å². The van der Waals surface area contributed by atoms with E-state index in [9.17, 15) is 14.4 Å². The molecule has 0 aliphatic carbocycles. The monoisotopic (exact) mass is 427 g/mol. The van der Waals surface area contributed by atoms with E-state index in [2.05, 4.69) is 5.32 Å². The van der Waals surface area contributed by atoms with Gasteiger partial charge in [0.15, 0.2) is 6.10 Å². The molecular formula is C24H29NO6. The predicted molar refractivity (Wildman–Crippen MR) is 118 cm³/mol. The normalized spacial score (nSPS) is 11.9. The number of esters is 1. The lowest BCUT2D eigenvalue weighted by molar-refractivity contribution is -0.145. The minimum absolute atomic E-state index is 0.0391. The van der Waals surface area contributed by atoms with Crippen molar-refractivity contribution < 1.29 is 28.6 Å². The van der Waals surface area contributed by atoms with Crippen LogP contribution in [0.5, 0.6) is 11.5 Å². The number of methoxy groups -OCH3 is 2. The zero-order valence-corrected chi connectivity index (χ0v) is 18.8. The third kappa shape index (κ3) is 6.57. The van der Waals surface area contributed by atoms with Gasteiger partial charge < -0.3 is 19.5 Å². The smallest absolute Gasteiger partial charge is 0.311 e. The van der Waals surface area contributed by atoms with Gasteiger partial charge in [-0.1, -0.05) is 26.8 Å². The van der Waals surface area contributed by atoms with Crippen molar-refractivity contribution in [3.05, 3.63) is 53.6 Å². The maximum Gasteiger partial charge on any atom is 0.311 e. The molecule has 0 spiro atoms. The maximum absolute atomic E-state index is 12.6. The molecule has 0 aliphatic heterocycles. The number of nitrogens with one attached hydrogen (secondary N) is 1. The van der Waals surface area contributed by atoms with Gasteiger partial charge in [0.05, 0.1) is 20.6 Å². The van der Waals surface area contributed by atoms with E-state index in [1.54, 1.807) is 49.6 Å². The molecule has 1 atom stereocenters. The number of hydrogen-bond donors (Lipinski definition) is 1. The molecule has 7 heteroatoms. The summed E-state index contributed by atoms with van der Waals surface area (Å²) in [6.07, 6.45) is -0.991. The van der Waals surface area contributed by atoms with Gasteiger partial charge in [-0.05, 0) is 37.3 Å². The van der Waals surface area contributed by atoms with Crippen LogP contribution in [-0.4, -0.2) is 38.0 Å². The van der Waals surface area contributed by atoms with Gasteiger partial charge in [0, 0.05) is 28.3 Å². The molecule has 7 nitrogen and oxygen atoms in total. The number of carbonyl (C=O) groups is 3. The van der Waals surface area contributed by atoms with Gasteiger partial charge in [-0.2, -0.15) is 0 Å². The fraction of sp³-hybridized carbons (Fsp3) is 0.375. The first-order valence-corrected chi connectivity index (χ1v) is 9.91. The highest BCUT2D eigenvalue weighted by atomic mass is 16.5. The Morgan fingerprint density at radius 3 is 2.16 bits per heavy atom. The van der Waals surface area contributed by atoms with Crippen molar-refractivity contribution >= 4 is 23.3 Å². The van der Waals surface area contributed by atoms with Crippen molar-refractivity contribution in [1.29, 1.82) is 0 Å². The lowest BCUT2D eigenvalue weighted by Crippen LogP contribution is -2.27. The Bertz CT molecular complexity index is 944. The van der Waals surface area contributed by atoms with E-state index in [0.717, 1.165) is 0 Å². The number of ether oxygens (including phenoxy) is 3. The van der Waals surface area contributed by atoms with E-state index in [-0.39, 0.29) is 18.1 Å². The summed E-state index contributed by atoms with van der Waals surface area (Å²) in [6, 6.07) is 11.6. The number of anilines is 1. The van der Waals surface area contributed by atoms with Crippen LogP contribution in [0.25, 0.3) is 0 Å². The lowest BCUT2D eigenvalue weighted by Gasteiger charge is -2.18. The van der Waals surface area contributed by atoms with Gasteiger partial charge in [-0.15, -0.1) is 0 Å². The molecule has 1 amide bonds. The zero-order valence-electron chi connectivity index (χ0n) is 18.8. The van der Waals surface area contributed by atoms with E-state index in [0.29, 0.717) is 28.3 Å².